The van der Waals surface area contributed by atoms with Crippen LogP contribution in [0.15, 0.2) is 29.4 Å². The van der Waals surface area contributed by atoms with Gasteiger partial charge in [-0.05, 0) is 26.0 Å². The van der Waals surface area contributed by atoms with Crippen molar-refractivity contribution in [3.8, 4) is 0 Å². The SMILES string of the molecule is CCc1nnc(SCC(=O)Nc2cccc(C(C)=O)c2)n1CC. The number of carbonyl (C=O) groups excluding carboxylic acids is 2. The highest BCUT2D eigenvalue weighted by Crippen LogP contribution is 2.18. The predicted octanol–water partition coefficient (Wildman–Crippen LogP) is 2.79. The van der Waals surface area contributed by atoms with Gasteiger partial charge in [-0.2, -0.15) is 0 Å². The summed E-state index contributed by atoms with van der Waals surface area (Å²) in [5, 5.41) is 11.8. The maximum Gasteiger partial charge on any atom is 0.234 e. The summed E-state index contributed by atoms with van der Waals surface area (Å²) in [6.07, 6.45) is 0.811. The number of aryl methyl sites for hydroxylation is 1. The van der Waals surface area contributed by atoms with Gasteiger partial charge < -0.3 is 9.88 Å². The molecule has 122 valence electrons. The summed E-state index contributed by atoms with van der Waals surface area (Å²) in [6, 6.07) is 6.91. The van der Waals surface area contributed by atoms with Gasteiger partial charge in [0, 0.05) is 24.2 Å². The monoisotopic (exact) mass is 332 g/mol. The molecule has 0 radical (unpaired) electrons. The van der Waals surface area contributed by atoms with E-state index in [9.17, 15) is 9.59 Å². The summed E-state index contributed by atoms with van der Waals surface area (Å²) in [5.41, 5.74) is 1.20. The number of carbonyl (C=O) groups is 2. The molecule has 7 heteroatoms. The molecule has 0 unspecified atom stereocenters. The number of hydrogen-bond donors (Lipinski definition) is 1. The first-order valence-electron chi connectivity index (χ1n) is 7.50. The molecule has 0 aliphatic heterocycles. The topological polar surface area (TPSA) is 76.9 Å². The van der Waals surface area contributed by atoms with Gasteiger partial charge in [0.2, 0.25) is 5.91 Å². The van der Waals surface area contributed by atoms with Crippen LogP contribution in [0.25, 0.3) is 0 Å². The Kier molecular flexibility index (Phi) is 5.92. The zero-order chi connectivity index (χ0) is 16.8. The van der Waals surface area contributed by atoms with E-state index in [4.69, 9.17) is 0 Å². The van der Waals surface area contributed by atoms with E-state index in [1.807, 2.05) is 18.4 Å². The van der Waals surface area contributed by atoms with Gasteiger partial charge in [-0.25, -0.2) is 0 Å². The molecule has 0 spiro atoms. The summed E-state index contributed by atoms with van der Waals surface area (Å²) in [6.45, 7) is 6.33. The van der Waals surface area contributed by atoms with Crippen molar-refractivity contribution in [1.82, 2.24) is 14.8 Å². The minimum atomic E-state index is -0.139. The summed E-state index contributed by atoms with van der Waals surface area (Å²) in [7, 11) is 0. The average Bonchev–Trinajstić information content (AvgIpc) is 2.95. The van der Waals surface area contributed by atoms with Gasteiger partial charge in [-0.15, -0.1) is 10.2 Å². The molecule has 2 aromatic rings. The van der Waals surface area contributed by atoms with Crippen molar-refractivity contribution < 1.29 is 9.59 Å². The van der Waals surface area contributed by atoms with Crippen molar-refractivity contribution in [1.29, 1.82) is 0 Å². The van der Waals surface area contributed by atoms with Gasteiger partial charge >= 0.3 is 0 Å². The van der Waals surface area contributed by atoms with Crippen molar-refractivity contribution in [2.75, 3.05) is 11.1 Å². The Hall–Kier alpha value is -2.15. The van der Waals surface area contributed by atoms with Crippen molar-refractivity contribution in [2.24, 2.45) is 0 Å². The van der Waals surface area contributed by atoms with Crippen LogP contribution in [-0.2, 0) is 17.8 Å². The van der Waals surface area contributed by atoms with E-state index in [0.29, 0.717) is 11.3 Å². The number of thioether (sulfide) groups is 1. The van der Waals surface area contributed by atoms with Gasteiger partial charge in [0.15, 0.2) is 10.9 Å². The molecular weight excluding hydrogens is 312 g/mol. The lowest BCUT2D eigenvalue weighted by Gasteiger charge is -2.07. The number of ketones is 1. The molecule has 0 bridgehead atoms. The van der Waals surface area contributed by atoms with Crippen LogP contribution in [0.2, 0.25) is 0 Å². The first-order valence-corrected chi connectivity index (χ1v) is 8.49. The normalized spacial score (nSPS) is 10.6. The fourth-order valence-corrected chi connectivity index (χ4v) is 2.97. The molecule has 0 saturated carbocycles. The Bertz CT molecular complexity index is 712. The van der Waals surface area contributed by atoms with Crippen molar-refractivity contribution in [3.63, 3.8) is 0 Å². The third-order valence-corrected chi connectivity index (χ3v) is 4.28. The quantitative estimate of drug-likeness (QED) is 0.623. The highest BCUT2D eigenvalue weighted by molar-refractivity contribution is 7.99. The maximum absolute atomic E-state index is 12.1. The van der Waals surface area contributed by atoms with Gasteiger partial charge in [0.05, 0.1) is 5.75 Å². The smallest absolute Gasteiger partial charge is 0.234 e. The molecule has 1 heterocycles. The van der Waals surface area contributed by atoms with E-state index in [-0.39, 0.29) is 17.4 Å². The molecule has 1 aromatic carbocycles. The fraction of sp³-hybridized carbons (Fsp3) is 0.375. The first-order chi connectivity index (χ1) is 11.0. The van der Waals surface area contributed by atoms with Crippen LogP contribution in [0.1, 0.15) is 37.0 Å². The van der Waals surface area contributed by atoms with E-state index < -0.39 is 0 Å². The van der Waals surface area contributed by atoms with Crippen LogP contribution in [0.3, 0.4) is 0 Å². The highest BCUT2D eigenvalue weighted by atomic mass is 32.2. The number of anilines is 1. The molecular formula is C16H20N4O2S. The third kappa shape index (κ3) is 4.41. The number of nitrogens with one attached hydrogen (secondary N) is 1. The standard InChI is InChI=1S/C16H20N4O2S/c1-4-14-18-19-16(20(14)5-2)23-10-15(22)17-13-8-6-7-12(9-13)11(3)21/h6-9H,4-5,10H2,1-3H3,(H,17,22). The second kappa shape index (κ2) is 7.92. The van der Waals surface area contributed by atoms with Gasteiger partial charge in [-0.3, -0.25) is 9.59 Å². The first kappa shape index (κ1) is 17.2. The molecule has 0 saturated heterocycles. The lowest BCUT2D eigenvalue weighted by molar-refractivity contribution is -0.113. The van der Waals surface area contributed by atoms with Crippen LogP contribution in [-0.4, -0.2) is 32.2 Å². The molecule has 2 rings (SSSR count). The minimum Gasteiger partial charge on any atom is -0.325 e. The molecule has 0 atom stereocenters. The van der Waals surface area contributed by atoms with E-state index in [2.05, 4.69) is 15.5 Å². The van der Waals surface area contributed by atoms with Crippen LogP contribution in [0, 0.1) is 0 Å². The van der Waals surface area contributed by atoms with Gasteiger partial charge in [0.1, 0.15) is 5.82 Å². The maximum atomic E-state index is 12.1. The predicted molar refractivity (Wildman–Crippen MR) is 90.9 cm³/mol. The van der Waals surface area contributed by atoms with Crippen molar-refractivity contribution >= 4 is 29.1 Å². The van der Waals surface area contributed by atoms with Crippen molar-refractivity contribution in [2.45, 2.75) is 38.9 Å². The fourth-order valence-electron chi connectivity index (χ4n) is 2.15. The molecule has 0 aliphatic rings. The third-order valence-electron chi connectivity index (χ3n) is 3.31. The number of nitrogens with zero attached hydrogens (tertiary/aromatic N) is 3. The second-order valence-corrected chi connectivity index (χ2v) is 5.91. The molecule has 23 heavy (non-hydrogen) atoms. The number of amides is 1. The van der Waals surface area contributed by atoms with Gasteiger partial charge in [0.25, 0.3) is 0 Å². The van der Waals surface area contributed by atoms with E-state index in [1.54, 1.807) is 24.3 Å². The van der Waals surface area contributed by atoms with E-state index in [0.717, 1.165) is 23.9 Å². The lowest BCUT2D eigenvalue weighted by atomic mass is 10.1. The minimum absolute atomic E-state index is 0.0291. The summed E-state index contributed by atoms with van der Waals surface area (Å²) < 4.78 is 2.01. The number of rotatable bonds is 7. The largest absolute Gasteiger partial charge is 0.325 e. The number of aromatic nitrogens is 3. The van der Waals surface area contributed by atoms with E-state index in [1.165, 1.54) is 18.7 Å². The summed E-state index contributed by atoms with van der Waals surface area (Å²) in [4.78, 5) is 23.4. The highest BCUT2D eigenvalue weighted by Gasteiger charge is 2.12. The Labute approximate surface area is 139 Å². The molecule has 1 aromatic heterocycles. The molecule has 0 fully saturated rings. The Morgan fingerprint density at radius 1 is 1.26 bits per heavy atom. The zero-order valence-electron chi connectivity index (χ0n) is 13.5. The summed E-state index contributed by atoms with van der Waals surface area (Å²) in [5.74, 6) is 0.995. The van der Waals surface area contributed by atoms with Crippen LogP contribution < -0.4 is 5.32 Å². The van der Waals surface area contributed by atoms with Crippen LogP contribution >= 0.6 is 11.8 Å². The van der Waals surface area contributed by atoms with E-state index >= 15 is 0 Å². The molecule has 1 amide bonds. The second-order valence-electron chi connectivity index (χ2n) is 4.97. The average molecular weight is 332 g/mol. The Morgan fingerprint density at radius 2 is 2.04 bits per heavy atom. The van der Waals surface area contributed by atoms with Crippen molar-refractivity contribution in [3.05, 3.63) is 35.7 Å². The lowest BCUT2D eigenvalue weighted by Crippen LogP contribution is -2.15. The van der Waals surface area contributed by atoms with Crippen LogP contribution in [0.5, 0.6) is 0 Å². The number of hydrogen-bond acceptors (Lipinski definition) is 5. The van der Waals surface area contributed by atoms with Crippen LogP contribution in [0.4, 0.5) is 5.69 Å². The Morgan fingerprint density at radius 3 is 2.70 bits per heavy atom. The zero-order valence-corrected chi connectivity index (χ0v) is 14.3. The molecule has 6 nitrogen and oxygen atoms in total. The van der Waals surface area contributed by atoms with Gasteiger partial charge in [-0.1, -0.05) is 30.8 Å². The summed E-state index contributed by atoms with van der Waals surface area (Å²) >= 11 is 1.36. The molecule has 1 N–H and O–H groups in total. The Balaban J connectivity index is 1.97. The number of Topliss-reactive ketones (excluding diaryl/α,β-unsaturated/α-hetero) is 1. The number of benzene rings is 1. The molecule has 0 aliphatic carbocycles.